The number of ether oxygens (including phenoxy) is 1. The topological polar surface area (TPSA) is 29.4 Å². The van der Waals surface area contributed by atoms with Crippen molar-refractivity contribution in [3.05, 3.63) is 24.0 Å². The maximum Gasteiger partial charge on any atom is 0.0594 e. The number of hydrogen-bond donors (Lipinski definition) is 1. The average Bonchev–Trinajstić information content (AvgIpc) is 3.14. The highest BCUT2D eigenvalue weighted by molar-refractivity contribution is 5.07. The van der Waals surface area contributed by atoms with Gasteiger partial charge < -0.3 is 14.6 Å². The number of hydrogen-bond acceptors (Lipinski definition) is 3. The molecule has 100 valence electrons. The summed E-state index contributed by atoms with van der Waals surface area (Å²) in [5.74, 6) is 0. The average molecular weight is 249 g/mol. The first-order chi connectivity index (χ1) is 8.92. The Hall–Kier alpha value is -0.840. The molecule has 0 bridgehead atoms. The maximum atomic E-state index is 5.37. The van der Waals surface area contributed by atoms with E-state index in [1.807, 2.05) is 0 Å². The molecule has 2 aliphatic rings. The van der Waals surface area contributed by atoms with Crippen LogP contribution in [0.1, 0.15) is 18.5 Å². The van der Waals surface area contributed by atoms with Gasteiger partial charge in [-0.1, -0.05) is 0 Å². The molecule has 0 spiro atoms. The van der Waals surface area contributed by atoms with Gasteiger partial charge in [-0.25, -0.2) is 0 Å². The lowest BCUT2D eigenvalue weighted by Gasteiger charge is -2.27. The van der Waals surface area contributed by atoms with Crippen molar-refractivity contribution in [3.63, 3.8) is 0 Å². The number of rotatable bonds is 6. The minimum absolute atomic E-state index is 0.785. The smallest absolute Gasteiger partial charge is 0.0594 e. The molecule has 0 aromatic carbocycles. The lowest BCUT2D eigenvalue weighted by atomic mass is 10.4. The highest BCUT2D eigenvalue weighted by atomic mass is 16.5. The van der Waals surface area contributed by atoms with Gasteiger partial charge in [0, 0.05) is 50.7 Å². The van der Waals surface area contributed by atoms with E-state index in [0.29, 0.717) is 0 Å². The monoisotopic (exact) mass is 249 g/mol. The van der Waals surface area contributed by atoms with E-state index in [4.69, 9.17) is 4.74 Å². The molecule has 1 aromatic heterocycles. The lowest BCUT2D eigenvalue weighted by Crippen LogP contribution is -2.38. The normalized spacial score (nSPS) is 21.3. The van der Waals surface area contributed by atoms with Crippen molar-refractivity contribution in [2.24, 2.45) is 0 Å². The van der Waals surface area contributed by atoms with Crippen LogP contribution in [0, 0.1) is 0 Å². The molecule has 4 nitrogen and oxygen atoms in total. The summed E-state index contributed by atoms with van der Waals surface area (Å²) in [7, 11) is 0. The van der Waals surface area contributed by atoms with Crippen molar-refractivity contribution in [1.29, 1.82) is 0 Å². The van der Waals surface area contributed by atoms with Crippen LogP contribution in [0.2, 0.25) is 0 Å². The number of nitrogens with one attached hydrogen (secondary N) is 1. The highest BCUT2D eigenvalue weighted by Gasteiger charge is 2.20. The van der Waals surface area contributed by atoms with Gasteiger partial charge in [-0.05, 0) is 25.0 Å². The van der Waals surface area contributed by atoms with E-state index >= 15 is 0 Å². The Labute approximate surface area is 109 Å². The van der Waals surface area contributed by atoms with Gasteiger partial charge in [0.2, 0.25) is 0 Å². The predicted molar refractivity (Wildman–Crippen MR) is 71.6 cm³/mol. The zero-order chi connectivity index (χ0) is 12.2. The predicted octanol–water partition coefficient (Wildman–Crippen LogP) is 1.07. The molecule has 1 aliphatic carbocycles. The van der Waals surface area contributed by atoms with E-state index < -0.39 is 0 Å². The molecule has 4 heteroatoms. The quantitative estimate of drug-likeness (QED) is 0.818. The third-order valence-electron chi connectivity index (χ3n) is 3.83. The summed E-state index contributed by atoms with van der Waals surface area (Å²) in [6, 6.07) is 5.17. The van der Waals surface area contributed by atoms with Crippen molar-refractivity contribution in [2.75, 3.05) is 32.8 Å². The lowest BCUT2D eigenvalue weighted by molar-refractivity contribution is 0.0363. The van der Waals surface area contributed by atoms with E-state index in [9.17, 15) is 0 Å². The fraction of sp³-hybridized carbons (Fsp3) is 0.714. The fourth-order valence-electron chi connectivity index (χ4n) is 2.44. The number of nitrogens with zero attached hydrogens (tertiary/aromatic N) is 2. The van der Waals surface area contributed by atoms with Crippen molar-refractivity contribution in [2.45, 2.75) is 32.0 Å². The molecule has 18 heavy (non-hydrogen) atoms. The van der Waals surface area contributed by atoms with Crippen LogP contribution in [-0.4, -0.2) is 48.4 Å². The Kier molecular flexibility index (Phi) is 3.98. The minimum Gasteiger partial charge on any atom is -0.379 e. The van der Waals surface area contributed by atoms with E-state index in [1.165, 1.54) is 18.5 Å². The van der Waals surface area contributed by atoms with Crippen LogP contribution in [-0.2, 0) is 17.8 Å². The van der Waals surface area contributed by atoms with E-state index in [-0.39, 0.29) is 0 Å². The Balaban J connectivity index is 1.46. The zero-order valence-electron chi connectivity index (χ0n) is 11.0. The summed E-state index contributed by atoms with van der Waals surface area (Å²) in [5.41, 5.74) is 1.41. The van der Waals surface area contributed by atoms with Crippen LogP contribution in [0.5, 0.6) is 0 Å². The van der Waals surface area contributed by atoms with Crippen LogP contribution in [0.3, 0.4) is 0 Å². The summed E-state index contributed by atoms with van der Waals surface area (Å²) in [5, 5.41) is 3.58. The molecule has 0 unspecified atom stereocenters. The van der Waals surface area contributed by atoms with Crippen molar-refractivity contribution in [1.82, 2.24) is 14.8 Å². The molecule has 2 fully saturated rings. The van der Waals surface area contributed by atoms with Crippen LogP contribution in [0.25, 0.3) is 0 Å². The van der Waals surface area contributed by atoms with Crippen molar-refractivity contribution in [3.8, 4) is 0 Å². The molecule has 3 rings (SSSR count). The first kappa shape index (κ1) is 12.2. The molecule has 1 aliphatic heterocycles. The molecule has 1 aromatic rings. The van der Waals surface area contributed by atoms with Crippen LogP contribution < -0.4 is 5.32 Å². The Morgan fingerprint density at radius 3 is 2.83 bits per heavy atom. The number of morpholine rings is 1. The number of aromatic nitrogens is 1. The Morgan fingerprint density at radius 2 is 2.06 bits per heavy atom. The minimum atomic E-state index is 0.785. The molecular formula is C14H23N3O. The van der Waals surface area contributed by atoms with Crippen molar-refractivity contribution >= 4 is 0 Å². The van der Waals surface area contributed by atoms with Crippen molar-refractivity contribution < 1.29 is 4.74 Å². The van der Waals surface area contributed by atoms with Crippen LogP contribution in [0.4, 0.5) is 0 Å². The largest absolute Gasteiger partial charge is 0.379 e. The third kappa shape index (κ3) is 3.34. The third-order valence-corrected chi connectivity index (χ3v) is 3.83. The molecule has 1 saturated heterocycles. The summed E-state index contributed by atoms with van der Waals surface area (Å²) < 4.78 is 7.75. The molecule has 0 amide bonds. The summed E-state index contributed by atoms with van der Waals surface area (Å²) in [4.78, 5) is 2.49. The molecule has 2 heterocycles. The van der Waals surface area contributed by atoms with Gasteiger partial charge in [0.15, 0.2) is 0 Å². The Morgan fingerprint density at radius 1 is 1.22 bits per heavy atom. The van der Waals surface area contributed by atoms with E-state index in [0.717, 1.165) is 52.0 Å². The molecule has 1 saturated carbocycles. The van der Waals surface area contributed by atoms with Gasteiger partial charge in [0.25, 0.3) is 0 Å². The second-order valence-electron chi connectivity index (χ2n) is 5.30. The van der Waals surface area contributed by atoms with Gasteiger partial charge in [0.05, 0.1) is 13.2 Å². The standard InChI is InChI=1S/C14H23N3O/c1-2-14(12-15-13-3-4-13)17(5-1)7-6-16-8-10-18-11-9-16/h1-2,5,13,15H,3-4,6-12H2. The van der Waals surface area contributed by atoms with Crippen LogP contribution >= 0.6 is 0 Å². The van der Waals surface area contributed by atoms with Gasteiger partial charge >= 0.3 is 0 Å². The fourth-order valence-corrected chi connectivity index (χ4v) is 2.44. The molecule has 1 N–H and O–H groups in total. The van der Waals surface area contributed by atoms with Gasteiger partial charge in [-0.15, -0.1) is 0 Å². The Bertz CT molecular complexity index is 367. The second kappa shape index (κ2) is 5.87. The summed E-state index contributed by atoms with van der Waals surface area (Å²) >= 11 is 0. The second-order valence-corrected chi connectivity index (χ2v) is 5.30. The van der Waals surface area contributed by atoms with E-state index in [1.54, 1.807) is 0 Å². The molecular weight excluding hydrogens is 226 g/mol. The van der Waals surface area contributed by atoms with Crippen LogP contribution in [0.15, 0.2) is 18.3 Å². The van der Waals surface area contributed by atoms with E-state index in [2.05, 4.69) is 33.1 Å². The first-order valence-corrected chi connectivity index (χ1v) is 7.09. The maximum absolute atomic E-state index is 5.37. The zero-order valence-corrected chi connectivity index (χ0v) is 11.0. The summed E-state index contributed by atoms with van der Waals surface area (Å²) in [6.07, 6.45) is 4.91. The first-order valence-electron chi connectivity index (χ1n) is 7.09. The van der Waals surface area contributed by atoms with Gasteiger partial charge in [-0.3, -0.25) is 4.90 Å². The molecule has 0 radical (unpaired) electrons. The highest BCUT2D eigenvalue weighted by Crippen LogP contribution is 2.19. The molecule has 0 atom stereocenters. The summed E-state index contributed by atoms with van der Waals surface area (Å²) in [6.45, 7) is 7.18. The van der Waals surface area contributed by atoms with Gasteiger partial charge in [-0.2, -0.15) is 0 Å². The van der Waals surface area contributed by atoms with Gasteiger partial charge in [0.1, 0.15) is 0 Å². The SMILES string of the molecule is c1cc(CNC2CC2)n(CCN2CCOCC2)c1.